The summed E-state index contributed by atoms with van der Waals surface area (Å²) in [5.74, 6) is 0.420. The summed E-state index contributed by atoms with van der Waals surface area (Å²) in [6, 6.07) is 11.0. The summed E-state index contributed by atoms with van der Waals surface area (Å²) in [5.41, 5.74) is 1.84. The molecule has 4 nitrogen and oxygen atoms in total. The van der Waals surface area contributed by atoms with Crippen LogP contribution in [0.5, 0.6) is 0 Å². The first-order chi connectivity index (χ1) is 13.6. The number of hydrogen-bond acceptors (Lipinski definition) is 3. The Balaban J connectivity index is 1.75. The number of fused-ring (bicyclic) bond motifs is 5. The maximum atomic E-state index is 15.6. The molecule has 0 saturated carbocycles. The number of halogens is 2. The molecule has 0 spiro atoms. The van der Waals surface area contributed by atoms with Crippen LogP contribution in [0, 0.1) is 12.7 Å². The minimum atomic E-state index is -0.540. The Morgan fingerprint density at radius 2 is 1.69 bits per heavy atom. The van der Waals surface area contributed by atoms with Crippen molar-refractivity contribution in [1.29, 1.82) is 0 Å². The first-order valence-corrected chi connectivity index (χ1v) is 10.0. The first kappa shape index (κ1) is 18.9. The second kappa shape index (κ2) is 5.94. The number of aryl methyl sites for hydroxylation is 1. The Bertz CT molecular complexity index is 1300. The van der Waals surface area contributed by atoms with E-state index in [2.05, 4.69) is 4.98 Å². The molecule has 148 valence electrons. The molecule has 4 aromatic rings. The van der Waals surface area contributed by atoms with Gasteiger partial charge >= 0.3 is 7.12 Å². The van der Waals surface area contributed by atoms with Crippen LogP contribution in [0.15, 0.2) is 36.4 Å². The lowest BCUT2D eigenvalue weighted by Crippen LogP contribution is -2.41. The maximum absolute atomic E-state index is 15.6. The molecule has 5 rings (SSSR count). The third kappa shape index (κ3) is 2.63. The Morgan fingerprint density at radius 3 is 2.38 bits per heavy atom. The van der Waals surface area contributed by atoms with Crippen LogP contribution in [0.1, 0.15) is 33.5 Å². The van der Waals surface area contributed by atoms with Crippen LogP contribution in [0.2, 0.25) is 5.02 Å². The fourth-order valence-corrected chi connectivity index (χ4v) is 4.16. The largest absolute Gasteiger partial charge is 0.494 e. The van der Waals surface area contributed by atoms with E-state index in [4.69, 9.17) is 20.9 Å². The Hall–Kier alpha value is -2.15. The molecule has 0 aliphatic carbocycles. The maximum Gasteiger partial charge on any atom is 0.494 e. The van der Waals surface area contributed by atoms with Gasteiger partial charge in [0.15, 0.2) is 5.82 Å². The van der Waals surface area contributed by atoms with Gasteiger partial charge in [-0.3, -0.25) is 4.40 Å². The molecule has 1 aliphatic heterocycles. The molecule has 2 aromatic carbocycles. The molecular weight excluding hydrogens is 390 g/mol. The zero-order valence-corrected chi connectivity index (χ0v) is 17.8. The van der Waals surface area contributed by atoms with Crippen LogP contribution >= 0.6 is 11.6 Å². The van der Waals surface area contributed by atoms with Gasteiger partial charge in [-0.15, -0.1) is 0 Å². The normalized spacial score (nSPS) is 18.4. The van der Waals surface area contributed by atoms with Gasteiger partial charge in [0.2, 0.25) is 0 Å². The van der Waals surface area contributed by atoms with Crippen molar-refractivity contribution < 1.29 is 13.7 Å². The quantitative estimate of drug-likeness (QED) is 0.412. The van der Waals surface area contributed by atoms with Gasteiger partial charge in [0, 0.05) is 15.8 Å². The molecule has 29 heavy (non-hydrogen) atoms. The summed E-state index contributed by atoms with van der Waals surface area (Å²) in [5, 5.41) is 1.82. The van der Waals surface area contributed by atoms with Crippen molar-refractivity contribution >= 4 is 51.5 Å². The summed E-state index contributed by atoms with van der Waals surface area (Å²) in [6.07, 6.45) is 0. The van der Waals surface area contributed by atoms with Crippen LogP contribution in [0.3, 0.4) is 0 Å². The lowest BCUT2D eigenvalue weighted by Gasteiger charge is -2.32. The molecule has 0 unspecified atom stereocenters. The van der Waals surface area contributed by atoms with Gasteiger partial charge in [0.1, 0.15) is 5.82 Å². The third-order valence-electron chi connectivity index (χ3n) is 6.28. The summed E-state index contributed by atoms with van der Waals surface area (Å²) in [4.78, 5) is 4.63. The molecule has 1 fully saturated rings. The Labute approximate surface area is 173 Å². The van der Waals surface area contributed by atoms with Crippen LogP contribution in [0.4, 0.5) is 4.39 Å². The number of rotatable bonds is 1. The van der Waals surface area contributed by atoms with Crippen molar-refractivity contribution in [3.8, 4) is 0 Å². The average Bonchev–Trinajstić information content (AvgIpc) is 3.05. The van der Waals surface area contributed by atoms with E-state index >= 15 is 4.39 Å². The molecule has 0 radical (unpaired) electrons. The van der Waals surface area contributed by atoms with E-state index in [1.807, 2.05) is 63.3 Å². The first-order valence-electron chi connectivity index (χ1n) is 9.64. The average molecular weight is 411 g/mol. The van der Waals surface area contributed by atoms with E-state index in [9.17, 15) is 0 Å². The molecular formula is C22H21BClFN2O2. The van der Waals surface area contributed by atoms with Crippen LogP contribution < -0.4 is 5.46 Å². The molecule has 0 N–H and O–H groups in total. The van der Waals surface area contributed by atoms with Gasteiger partial charge in [-0.25, -0.2) is 9.37 Å². The molecule has 0 amide bonds. The van der Waals surface area contributed by atoms with Gasteiger partial charge < -0.3 is 9.31 Å². The minimum Gasteiger partial charge on any atom is -0.399 e. The molecule has 0 bridgehead atoms. The van der Waals surface area contributed by atoms with Gasteiger partial charge in [0.05, 0.1) is 27.8 Å². The van der Waals surface area contributed by atoms with E-state index in [1.54, 1.807) is 12.1 Å². The van der Waals surface area contributed by atoms with Crippen molar-refractivity contribution in [3.63, 3.8) is 0 Å². The molecule has 0 atom stereocenters. The zero-order valence-electron chi connectivity index (χ0n) is 17.0. The lowest BCUT2D eigenvalue weighted by molar-refractivity contribution is 0.00578. The number of hydrogen-bond donors (Lipinski definition) is 0. The predicted molar refractivity (Wildman–Crippen MR) is 116 cm³/mol. The van der Waals surface area contributed by atoms with E-state index in [0.717, 1.165) is 16.4 Å². The number of aromatic nitrogens is 2. The van der Waals surface area contributed by atoms with Crippen molar-refractivity contribution in [2.24, 2.45) is 0 Å². The number of nitrogens with zero attached hydrogens (tertiary/aromatic N) is 2. The highest BCUT2D eigenvalue weighted by atomic mass is 35.5. The fourth-order valence-electron chi connectivity index (χ4n) is 3.99. The monoisotopic (exact) mass is 410 g/mol. The fraction of sp³-hybridized carbons (Fsp3) is 0.318. The SMILES string of the molecule is Cc1nc2cc(Cl)ccc2c2c(F)c3cc(B4OC(C)(C)C(C)(C)O4)ccc3n12. The van der Waals surface area contributed by atoms with E-state index in [0.29, 0.717) is 27.3 Å². The highest BCUT2D eigenvalue weighted by molar-refractivity contribution is 6.62. The van der Waals surface area contributed by atoms with E-state index in [-0.39, 0.29) is 5.82 Å². The Morgan fingerprint density at radius 1 is 1.00 bits per heavy atom. The van der Waals surface area contributed by atoms with Crippen molar-refractivity contribution in [2.45, 2.75) is 45.8 Å². The topological polar surface area (TPSA) is 35.8 Å². The second-order valence-corrected chi connectivity index (χ2v) is 9.12. The highest BCUT2D eigenvalue weighted by Gasteiger charge is 2.51. The van der Waals surface area contributed by atoms with Crippen LogP contribution in [-0.2, 0) is 9.31 Å². The smallest absolute Gasteiger partial charge is 0.399 e. The van der Waals surface area contributed by atoms with E-state index in [1.165, 1.54) is 0 Å². The summed E-state index contributed by atoms with van der Waals surface area (Å²) in [6.45, 7) is 9.89. The zero-order chi connectivity index (χ0) is 20.7. The summed E-state index contributed by atoms with van der Waals surface area (Å²) >= 11 is 6.11. The highest BCUT2D eigenvalue weighted by Crippen LogP contribution is 2.37. The molecule has 1 aliphatic rings. The number of benzene rings is 2. The molecule has 1 saturated heterocycles. The van der Waals surface area contributed by atoms with Gasteiger partial charge in [-0.05, 0) is 64.3 Å². The van der Waals surface area contributed by atoms with Crippen molar-refractivity contribution in [3.05, 3.63) is 53.1 Å². The molecule has 3 heterocycles. The van der Waals surface area contributed by atoms with E-state index < -0.39 is 18.3 Å². The molecule has 7 heteroatoms. The predicted octanol–water partition coefficient (Wildman–Crippen LogP) is 5.04. The summed E-state index contributed by atoms with van der Waals surface area (Å²) < 4.78 is 29.8. The summed E-state index contributed by atoms with van der Waals surface area (Å²) in [7, 11) is -0.540. The lowest BCUT2D eigenvalue weighted by atomic mass is 9.78. The van der Waals surface area contributed by atoms with Crippen LogP contribution in [0.25, 0.3) is 27.3 Å². The van der Waals surface area contributed by atoms with Crippen LogP contribution in [-0.4, -0.2) is 27.7 Å². The standard InChI is InChI=1S/C22H21BClFN2O2/c1-12-26-17-11-14(24)7-8-15(17)20-19(25)16-10-13(6-9-18(16)27(12)20)23-28-21(2,3)22(4,5)29-23/h6-11H,1-5H3. The second-order valence-electron chi connectivity index (χ2n) is 8.68. The van der Waals surface area contributed by atoms with Gasteiger partial charge in [-0.2, -0.15) is 0 Å². The van der Waals surface area contributed by atoms with Crippen molar-refractivity contribution in [2.75, 3.05) is 0 Å². The van der Waals surface area contributed by atoms with Crippen molar-refractivity contribution in [1.82, 2.24) is 9.38 Å². The third-order valence-corrected chi connectivity index (χ3v) is 6.51. The van der Waals surface area contributed by atoms with Gasteiger partial charge in [0.25, 0.3) is 0 Å². The van der Waals surface area contributed by atoms with Gasteiger partial charge in [-0.1, -0.05) is 23.7 Å². The molecule has 2 aromatic heterocycles. The minimum absolute atomic E-state index is 0.281. The Kier molecular flexibility index (Phi) is 3.86.